The third kappa shape index (κ3) is 4.44. The molecule has 0 heterocycles. The van der Waals surface area contributed by atoms with Crippen LogP contribution in [0.1, 0.15) is 24.1 Å². The number of hydrogen-bond acceptors (Lipinski definition) is 3. The molecule has 118 valence electrons. The van der Waals surface area contributed by atoms with E-state index in [0.717, 1.165) is 16.9 Å². The van der Waals surface area contributed by atoms with Gasteiger partial charge < -0.3 is 15.2 Å². The minimum absolute atomic E-state index is 0.0176. The Bertz CT molecular complexity index is 621. The number of halogens is 2. The molecule has 2 rings (SSSR count). The summed E-state index contributed by atoms with van der Waals surface area (Å²) in [6.45, 7) is 2.82. The fourth-order valence-electron chi connectivity index (χ4n) is 2.11. The predicted molar refractivity (Wildman–Crippen MR) is 85.7 cm³/mol. The van der Waals surface area contributed by atoms with Gasteiger partial charge in [0, 0.05) is 18.2 Å². The zero-order valence-electron chi connectivity index (χ0n) is 12.4. The van der Waals surface area contributed by atoms with Gasteiger partial charge in [0.2, 0.25) is 0 Å². The number of aliphatic hydroxyl groups is 1. The zero-order valence-corrected chi connectivity index (χ0v) is 13.1. The van der Waals surface area contributed by atoms with Crippen molar-refractivity contribution in [3.05, 3.63) is 64.4 Å². The van der Waals surface area contributed by atoms with Crippen molar-refractivity contribution < 1.29 is 14.2 Å². The molecule has 2 aromatic carbocycles. The van der Waals surface area contributed by atoms with Crippen LogP contribution in [0.2, 0.25) is 5.02 Å². The molecule has 0 fully saturated rings. The molecule has 0 aromatic heterocycles. The number of para-hydroxylation sites is 1. The van der Waals surface area contributed by atoms with Crippen LogP contribution in [-0.2, 0) is 6.54 Å². The van der Waals surface area contributed by atoms with Gasteiger partial charge in [-0.1, -0.05) is 35.9 Å². The highest BCUT2D eigenvalue weighted by Crippen LogP contribution is 2.22. The highest BCUT2D eigenvalue weighted by atomic mass is 35.5. The SMILES string of the molecule is CC(NCc1ccccc1OCCO)c1ccc(F)c(Cl)c1. The van der Waals surface area contributed by atoms with Crippen LogP contribution >= 0.6 is 11.6 Å². The minimum Gasteiger partial charge on any atom is -0.491 e. The second-order valence-corrected chi connectivity index (χ2v) is 5.36. The second kappa shape index (κ2) is 8.13. The fourth-order valence-corrected chi connectivity index (χ4v) is 2.30. The molecule has 0 aliphatic carbocycles. The van der Waals surface area contributed by atoms with Crippen molar-refractivity contribution in [2.75, 3.05) is 13.2 Å². The molecule has 0 spiro atoms. The molecule has 2 N–H and O–H groups in total. The van der Waals surface area contributed by atoms with E-state index in [1.807, 2.05) is 31.2 Å². The Hall–Kier alpha value is -1.62. The molecule has 0 aliphatic heterocycles. The summed E-state index contributed by atoms with van der Waals surface area (Å²) in [4.78, 5) is 0. The van der Waals surface area contributed by atoms with Crippen molar-refractivity contribution in [2.24, 2.45) is 0 Å². The van der Waals surface area contributed by atoms with E-state index in [-0.39, 0.29) is 24.3 Å². The first-order valence-electron chi connectivity index (χ1n) is 7.11. The highest BCUT2D eigenvalue weighted by Gasteiger charge is 2.09. The van der Waals surface area contributed by atoms with Crippen LogP contribution in [0.3, 0.4) is 0 Å². The van der Waals surface area contributed by atoms with Gasteiger partial charge in [0.05, 0.1) is 11.6 Å². The normalized spacial score (nSPS) is 12.2. The summed E-state index contributed by atoms with van der Waals surface area (Å²) < 4.78 is 18.7. The van der Waals surface area contributed by atoms with E-state index in [2.05, 4.69) is 5.32 Å². The molecule has 2 aromatic rings. The Kier molecular flexibility index (Phi) is 6.19. The first-order valence-corrected chi connectivity index (χ1v) is 7.49. The first-order chi connectivity index (χ1) is 10.6. The van der Waals surface area contributed by atoms with Gasteiger partial charge in [-0.15, -0.1) is 0 Å². The van der Waals surface area contributed by atoms with Crippen LogP contribution in [0.4, 0.5) is 4.39 Å². The highest BCUT2D eigenvalue weighted by molar-refractivity contribution is 6.30. The van der Waals surface area contributed by atoms with Gasteiger partial charge in [-0.3, -0.25) is 0 Å². The molecule has 22 heavy (non-hydrogen) atoms. The number of rotatable bonds is 7. The first kappa shape index (κ1) is 16.7. The van der Waals surface area contributed by atoms with E-state index in [1.54, 1.807) is 12.1 Å². The summed E-state index contributed by atoms with van der Waals surface area (Å²) in [6.07, 6.45) is 0. The number of aliphatic hydroxyl groups excluding tert-OH is 1. The molecule has 1 unspecified atom stereocenters. The maximum absolute atomic E-state index is 13.2. The van der Waals surface area contributed by atoms with Gasteiger partial charge in [0.25, 0.3) is 0 Å². The van der Waals surface area contributed by atoms with Gasteiger partial charge in [0.1, 0.15) is 18.2 Å². The molecule has 0 saturated carbocycles. The van der Waals surface area contributed by atoms with Crippen LogP contribution in [0, 0.1) is 5.82 Å². The molecule has 1 atom stereocenters. The zero-order chi connectivity index (χ0) is 15.9. The molecule has 3 nitrogen and oxygen atoms in total. The van der Waals surface area contributed by atoms with Crippen LogP contribution in [0.5, 0.6) is 5.75 Å². The van der Waals surface area contributed by atoms with E-state index in [9.17, 15) is 4.39 Å². The van der Waals surface area contributed by atoms with Crippen LogP contribution < -0.4 is 10.1 Å². The summed E-state index contributed by atoms with van der Waals surface area (Å²) >= 11 is 5.81. The smallest absolute Gasteiger partial charge is 0.141 e. The molecule has 0 radical (unpaired) electrons. The van der Waals surface area contributed by atoms with Gasteiger partial charge in [-0.25, -0.2) is 4.39 Å². The Labute approximate surface area is 134 Å². The van der Waals surface area contributed by atoms with Crippen molar-refractivity contribution in [1.29, 1.82) is 0 Å². The Morgan fingerprint density at radius 1 is 1.27 bits per heavy atom. The van der Waals surface area contributed by atoms with Crippen LogP contribution in [0.15, 0.2) is 42.5 Å². The molecular formula is C17H19ClFNO2. The Morgan fingerprint density at radius 2 is 2.05 bits per heavy atom. The lowest BCUT2D eigenvalue weighted by molar-refractivity contribution is 0.200. The molecule has 5 heteroatoms. The number of nitrogens with one attached hydrogen (secondary N) is 1. The third-order valence-corrected chi connectivity index (χ3v) is 3.65. The Morgan fingerprint density at radius 3 is 2.77 bits per heavy atom. The summed E-state index contributed by atoms with van der Waals surface area (Å²) in [6, 6.07) is 12.4. The molecule has 0 aliphatic rings. The predicted octanol–water partition coefficient (Wildman–Crippen LogP) is 3.70. The fraction of sp³-hybridized carbons (Fsp3) is 0.294. The lowest BCUT2D eigenvalue weighted by atomic mass is 10.1. The average Bonchev–Trinajstić information content (AvgIpc) is 2.54. The molecule has 0 bridgehead atoms. The monoisotopic (exact) mass is 323 g/mol. The van der Waals surface area contributed by atoms with Crippen LogP contribution in [-0.4, -0.2) is 18.3 Å². The van der Waals surface area contributed by atoms with Gasteiger partial charge in [-0.05, 0) is 30.7 Å². The van der Waals surface area contributed by atoms with Crippen molar-refractivity contribution in [3.63, 3.8) is 0 Å². The van der Waals surface area contributed by atoms with Crippen molar-refractivity contribution in [2.45, 2.75) is 19.5 Å². The summed E-state index contributed by atoms with van der Waals surface area (Å²) in [5.41, 5.74) is 1.91. The standard InChI is InChI=1S/C17H19ClFNO2/c1-12(13-6-7-16(19)15(18)10-13)20-11-14-4-2-3-5-17(14)22-9-8-21/h2-7,10,12,20-21H,8-9,11H2,1H3. The van der Waals surface area contributed by atoms with Crippen molar-refractivity contribution in [3.8, 4) is 5.75 Å². The number of hydrogen-bond donors (Lipinski definition) is 2. The molecule has 0 amide bonds. The number of benzene rings is 2. The van der Waals surface area contributed by atoms with E-state index < -0.39 is 5.82 Å². The maximum Gasteiger partial charge on any atom is 0.141 e. The average molecular weight is 324 g/mol. The quantitative estimate of drug-likeness (QED) is 0.816. The number of ether oxygens (including phenoxy) is 1. The minimum atomic E-state index is -0.416. The van der Waals surface area contributed by atoms with Gasteiger partial charge in [-0.2, -0.15) is 0 Å². The topological polar surface area (TPSA) is 41.5 Å². The lowest BCUT2D eigenvalue weighted by Crippen LogP contribution is -2.19. The Balaban J connectivity index is 2.01. The van der Waals surface area contributed by atoms with E-state index in [0.29, 0.717) is 6.54 Å². The van der Waals surface area contributed by atoms with E-state index in [4.69, 9.17) is 21.4 Å². The second-order valence-electron chi connectivity index (χ2n) is 4.96. The summed E-state index contributed by atoms with van der Waals surface area (Å²) in [5, 5.41) is 12.3. The third-order valence-electron chi connectivity index (χ3n) is 3.36. The van der Waals surface area contributed by atoms with Gasteiger partial charge >= 0.3 is 0 Å². The van der Waals surface area contributed by atoms with Crippen molar-refractivity contribution in [1.82, 2.24) is 5.32 Å². The summed E-state index contributed by atoms with van der Waals surface area (Å²) in [7, 11) is 0. The van der Waals surface area contributed by atoms with Crippen LogP contribution in [0.25, 0.3) is 0 Å². The lowest BCUT2D eigenvalue weighted by Gasteiger charge is -2.17. The van der Waals surface area contributed by atoms with Crippen molar-refractivity contribution >= 4 is 11.6 Å². The largest absolute Gasteiger partial charge is 0.491 e. The van der Waals surface area contributed by atoms with E-state index in [1.165, 1.54) is 6.07 Å². The summed E-state index contributed by atoms with van der Waals surface area (Å²) in [5.74, 6) is 0.328. The molecule has 0 saturated heterocycles. The molecular weight excluding hydrogens is 305 g/mol. The maximum atomic E-state index is 13.2. The van der Waals surface area contributed by atoms with Gasteiger partial charge in [0.15, 0.2) is 0 Å². The van der Waals surface area contributed by atoms with E-state index >= 15 is 0 Å².